The lowest BCUT2D eigenvalue weighted by Gasteiger charge is -2.28. The first-order valence-electron chi connectivity index (χ1n) is 5.31. The van der Waals surface area contributed by atoms with Crippen LogP contribution in [0.3, 0.4) is 0 Å². The Labute approximate surface area is 105 Å². The van der Waals surface area contributed by atoms with Gasteiger partial charge in [0.1, 0.15) is 0 Å². The van der Waals surface area contributed by atoms with E-state index in [2.05, 4.69) is 26.2 Å². The second kappa shape index (κ2) is 3.82. The number of H-pyrrole nitrogens is 1. The Morgan fingerprint density at radius 3 is 2.71 bits per heavy atom. The van der Waals surface area contributed by atoms with Gasteiger partial charge in [0.25, 0.3) is 5.56 Å². The van der Waals surface area contributed by atoms with Crippen LogP contribution < -0.4 is 16.6 Å². The first-order valence-corrected chi connectivity index (χ1v) is 6.11. The zero-order chi connectivity index (χ0) is 12.0. The average Bonchev–Trinajstić information content (AvgIpc) is 2.20. The number of aromatic amines is 1. The number of hydrogen-bond acceptors (Lipinski definition) is 3. The fourth-order valence-electron chi connectivity index (χ4n) is 1.99. The third-order valence-corrected chi connectivity index (χ3v) is 3.51. The molecule has 2 aromatic rings. The van der Waals surface area contributed by atoms with E-state index in [4.69, 9.17) is 0 Å². The van der Waals surface area contributed by atoms with Gasteiger partial charge in [0, 0.05) is 17.6 Å². The third kappa shape index (κ3) is 1.64. The van der Waals surface area contributed by atoms with Crippen LogP contribution in [0, 0.1) is 0 Å². The van der Waals surface area contributed by atoms with Gasteiger partial charge in [0.2, 0.25) is 0 Å². The quantitative estimate of drug-likeness (QED) is 0.809. The summed E-state index contributed by atoms with van der Waals surface area (Å²) in [6.45, 7) is 1.34. The summed E-state index contributed by atoms with van der Waals surface area (Å²) >= 11 is 3.31. The summed E-state index contributed by atoms with van der Waals surface area (Å²) in [5.41, 5.74) is 0.00718. The summed E-state index contributed by atoms with van der Waals surface area (Å²) in [6, 6.07) is 5.23. The van der Waals surface area contributed by atoms with E-state index in [-0.39, 0.29) is 17.3 Å². The highest BCUT2D eigenvalue weighted by molar-refractivity contribution is 9.10. The molecule has 0 amide bonds. The second-order valence-electron chi connectivity index (χ2n) is 4.11. The van der Waals surface area contributed by atoms with E-state index >= 15 is 0 Å². The van der Waals surface area contributed by atoms with E-state index in [9.17, 15) is 9.59 Å². The number of rotatable bonds is 1. The SMILES string of the molecule is O=c1[nH]c2cc(Br)ccc2c(=O)n1C1CNC1. The van der Waals surface area contributed by atoms with Crippen LogP contribution in [0.15, 0.2) is 32.3 Å². The molecule has 5 nitrogen and oxygen atoms in total. The molecule has 1 saturated heterocycles. The second-order valence-corrected chi connectivity index (χ2v) is 5.02. The monoisotopic (exact) mass is 295 g/mol. The molecule has 1 aliphatic heterocycles. The van der Waals surface area contributed by atoms with Crippen molar-refractivity contribution in [2.75, 3.05) is 13.1 Å². The first kappa shape index (κ1) is 10.7. The maximum atomic E-state index is 12.2. The van der Waals surface area contributed by atoms with Gasteiger partial charge >= 0.3 is 5.69 Å². The minimum Gasteiger partial charge on any atom is -0.312 e. The number of benzene rings is 1. The molecule has 6 heteroatoms. The predicted octanol–water partition coefficient (Wildman–Crippen LogP) is 0.597. The maximum Gasteiger partial charge on any atom is 0.329 e. The number of aromatic nitrogens is 2. The van der Waals surface area contributed by atoms with Gasteiger partial charge in [0.05, 0.1) is 16.9 Å². The predicted molar refractivity (Wildman–Crippen MR) is 68.4 cm³/mol. The lowest BCUT2D eigenvalue weighted by Crippen LogP contribution is -2.51. The lowest BCUT2D eigenvalue weighted by molar-refractivity contribution is 0.327. The Kier molecular flexibility index (Phi) is 2.41. The highest BCUT2D eigenvalue weighted by atomic mass is 79.9. The van der Waals surface area contributed by atoms with Gasteiger partial charge in [-0.2, -0.15) is 0 Å². The normalized spacial score (nSPS) is 16.1. The minimum absolute atomic E-state index is 0.0284. The highest BCUT2D eigenvalue weighted by Gasteiger charge is 2.22. The number of halogens is 1. The Balaban J connectivity index is 2.35. The molecule has 0 atom stereocenters. The highest BCUT2D eigenvalue weighted by Crippen LogP contribution is 2.15. The summed E-state index contributed by atoms with van der Waals surface area (Å²) in [4.78, 5) is 26.8. The Hall–Kier alpha value is -1.40. The maximum absolute atomic E-state index is 12.2. The number of fused-ring (bicyclic) bond motifs is 1. The van der Waals surface area contributed by atoms with E-state index in [0.29, 0.717) is 24.0 Å². The molecule has 0 bridgehead atoms. The molecule has 0 spiro atoms. The molecule has 3 rings (SSSR count). The van der Waals surface area contributed by atoms with Gasteiger partial charge in [-0.05, 0) is 18.2 Å². The molecule has 2 N–H and O–H groups in total. The van der Waals surface area contributed by atoms with Crippen LogP contribution in [0.4, 0.5) is 0 Å². The van der Waals surface area contributed by atoms with E-state index < -0.39 is 0 Å². The van der Waals surface area contributed by atoms with Crippen molar-refractivity contribution < 1.29 is 0 Å². The fourth-order valence-corrected chi connectivity index (χ4v) is 2.35. The smallest absolute Gasteiger partial charge is 0.312 e. The molecule has 0 aliphatic carbocycles. The van der Waals surface area contributed by atoms with Gasteiger partial charge in [-0.15, -0.1) is 0 Å². The van der Waals surface area contributed by atoms with Gasteiger partial charge in [-0.25, -0.2) is 4.79 Å². The molecule has 88 valence electrons. The van der Waals surface area contributed by atoms with Crippen LogP contribution in [0.2, 0.25) is 0 Å². The number of nitrogens with one attached hydrogen (secondary N) is 2. The Morgan fingerprint density at radius 1 is 1.29 bits per heavy atom. The molecular formula is C11H10BrN3O2. The van der Waals surface area contributed by atoms with E-state index in [0.717, 1.165) is 4.47 Å². The summed E-state index contributed by atoms with van der Waals surface area (Å²) in [7, 11) is 0. The molecule has 17 heavy (non-hydrogen) atoms. The molecule has 0 saturated carbocycles. The van der Waals surface area contributed by atoms with E-state index in [1.54, 1.807) is 18.2 Å². The standard InChI is InChI=1S/C11H10BrN3O2/c12-6-1-2-8-9(3-6)14-11(17)15(10(8)16)7-4-13-5-7/h1-3,7,13H,4-5H2,(H,14,17). The molecule has 1 fully saturated rings. The molecule has 0 radical (unpaired) electrons. The van der Waals surface area contributed by atoms with Gasteiger partial charge in [0.15, 0.2) is 0 Å². The Morgan fingerprint density at radius 2 is 2.06 bits per heavy atom. The zero-order valence-electron chi connectivity index (χ0n) is 8.87. The van der Waals surface area contributed by atoms with Crippen LogP contribution in [-0.2, 0) is 0 Å². The van der Waals surface area contributed by atoms with Crippen molar-refractivity contribution in [1.82, 2.24) is 14.9 Å². The van der Waals surface area contributed by atoms with Crippen LogP contribution in [0.5, 0.6) is 0 Å². The van der Waals surface area contributed by atoms with Crippen LogP contribution >= 0.6 is 15.9 Å². The summed E-state index contributed by atoms with van der Waals surface area (Å²) in [5.74, 6) is 0. The third-order valence-electron chi connectivity index (χ3n) is 3.02. The fraction of sp³-hybridized carbons (Fsp3) is 0.273. The number of nitrogens with zero attached hydrogens (tertiary/aromatic N) is 1. The molecule has 2 heterocycles. The van der Waals surface area contributed by atoms with Crippen LogP contribution in [0.25, 0.3) is 10.9 Å². The molecule has 0 unspecified atom stereocenters. The van der Waals surface area contributed by atoms with E-state index in [1.807, 2.05) is 0 Å². The van der Waals surface area contributed by atoms with Crippen LogP contribution in [-0.4, -0.2) is 22.6 Å². The molecule has 1 aromatic carbocycles. The van der Waals surface area contributed by atoms with Gasteiger partial charge in [-0.1, -0.05) is 15.9 Å². The van der Waals surface area contributed by atoms with Crippen molar-refractivity contribution in [2.24, 2.45) is 0 Å². The van der Waals surface area contributed by atoms with E-state index in [1.165, 1.54) is 4.57 Å². The van der Waals surface area contributed by atoms with Crippen molar-refractivity contribution in [1.29, 1.82) is 0 Å². The molecule has 1 aliphatic rings. The van der Waals surface area contributed by atoms with Gasteiger partial charge < -0.3 is 10.3 Å². The summed E-state index contributed by atoms with van der Waals surface area (Å²) in [6.07, 6.45) is 0. The zero-order valence-corrected chi connectivity index (χ0v) is 10.5. The lowest BCUT2D eigenvalue weighted by atomic mass is 10.1. The Bertz CT molecular complexity index is 700. The van der Waals surface area contributed by atoms with Crippen molar-refractivity contribution >= 4 is 26.8 Å². The van der Waals surface area contributed by atoms with Crippen molar-refractivity contribution in [3.8, 4) is 0 Å². The largest absolute Gasteiger partial charge is 0.329 e. The number of hydrogen-bond donors (Lipinski definition) is 2. The average molecular weight is 296 g/mol. The van der Waals surface area contributed by atoms with Gasteiger partial charge in [-0.3, -0.25) is 9.36 Å². The molecule has 1 aromatic heterocycles. The first-order chi connectivity index (χ1) is 8.16. The summed E-state index contributed by atoms with van der Waals surface area (Å²) < 4.78 is 2.13. The molecular weight excluding hydrogens is 286 g/mol. The van der Waals surface area contributed by atoms with Crippen molar-refractivity contribution in [2.45, 2.75) is 6.04 Å². The van der Waals surface area contributed by atoms with Crippen LogP contribution in [0.1, 0.15) is 6.04 Å². The minimum atomic E-state index is -0.341. The summed E-state index contributed by atoms with van der Waals surface area (Å²) in [5, 5.41) is 3.59. The van der Waals surface area contributed by atoms with Crippen molar-refractivity contribution in [3.05, 3.63) is 43.5 Å². The van der Waals surface area contributed by atoms with Crippen molar-refractivity contribution in [3.63, 3.8) is 0 Å². The topological polar surface area (TPSA) is 66.9 Å².